The molecule has 8 rings (SSSR count). The van der Waals surface area contributed by atoms with Crippen molar-refractivity contribution in [2.75, 3.05) is 64.8 Å². The van der Waals surface area contributed by atoms with E-state index in [0.29, 0.717) is 34.2 Å². The highest BCUT2D eigenvalue weighted by molar-refractivity contribution is 6.25. The maximum absolute atomic E-state index is 13.7. The molecule has 0 aliphatic carbocycles. The van der Waals surface area contributed by atoms with E-state index >= 15 is 0 Å². The van der Waals surface area contributed by atoms with Crippen molar-refractivity contribution in [3.63, 3.8) is 0 Å². The first-order chi connectivity index (χ1) is 23.0. The average Bonchev–Trinajstić information content (AvgIpc) is 3.54. The minimum Gasteiger partial charge on any atom is -0.497 e. The summed E-state index contributed by atoms with van der Waals surface area (Å²) in [6.07, 6.45) is 3.48. The van der Waals surface area contributed by atoms with Crippen LogP contribution < -0.4 is 15.5 Å². The topological polar surface area (TPSA) is 99.5 Å². The van der Waals surface area contributed by atoms with Crippen molar-refractivity contribution in [1.29, 1.82) is 0 Å². The number of imidazole rings is 1. The summed E-state index contributed by atoms with van der Waals surface area (Å²) in [4.78, 5) is 50.9. The zero-order chi connectivity index (χ0) is 32.1. The third kappa shape index (κ3) is 5.04. The Balaban J connectivity index is 0.835. The number of piperazine rings is 1. The van der Waals surface area contributed by atoms with Crippen LogP contribution in [-0.2, 0) is 0 Å². The lowest BCUT2D eigenvalue weighted by Gasteiger charge is -2.35. The van der Waals surface area contributed by atoms with Gasteiger partial charge < -0.3 is 19.9 Å². The van der Waals surface area contributed by atoms with Crippen LogP contribution in [0.5, 0.6) is 5.75 Å². The number of rotatable bonds is 10. The molecule has 2 amide bonds. The van der Waals surface area contributed by atoms with Crippen molar-refractivity contribution >= 4 is 55.6 Å². The van der Waals surface area contributed by atoms with E-state index in [4.69, 9.17) is 4.74 Å². The van der Waals surface area contributed by atoms with Crippen molar-refractivity contribution in [2.24, 2.45) is 0 Å². The summed E-state index contributed by atoms with van der Waals surface area (Å²) in [5, 5.41) is 6.50. The molecule has 4 aromatic carbocycles. The standard InChI is InChI=1S/C37H36N6O4/c1-47-25-10-13-31-28(22-25)35(44)33-29(11-12-30-34(33)43(31)23-39-30)38-14-4-15-40-18-20-41(21-19-40)16-5-17-42-36(45)26-8-2-6-24-7-3-9-27(32(24)26)37(42)46/h2-3,6-13,22-23,38H,4-5,14-21H2,1H3. The smallest absolute Gasteiger partial charge is 0.261 e. The summed E-state index contributed by atoms with van der Waals surface area (Å²) in [5.41, 5.74) is 4.50. The van der Waals surface area contributed by atoms with Gasteiger partial charge in [0.15, 0.2) is 5.43 Å². The minimum atomic E-state index is -0.193. The van der Waals surface area contributed by atoms with Gasteiger partial charge in [0.05, 0.1) is 34.4 Å². The van der Waals surface area contributed by atoms with Gasteiger partial charge in [-0.2, -0.15) is 0 Å². The molecule has 1 N–H and O–H groups in total. The van der Waals surface area contributed by atoms with Crippen LogP contribution in [0, 0.1) is 0 Å². The molecule has 10 heteroatoms. The van der Waals surface area contributed by atoms with Gasteiger partial charge in [0.1, 0.15) is 12.1 Å². The predicted octanol–water partition coefficient (Wildman–Crippen LogP) is 4.71. The van der Waals surface area contributed by atoms with Gasteiger partial charge in [-0.1, -0.05) is 24.3 Å². The summed E-state index contributed by atoms with van der Waals surface area (Å²) >= 11 is 0. The van der Waals surface area contributed by atoms with Crippen LogP contribution >= 0.6 is 0 Å². The Morgan fingerprint density at radius 3 is 2.19 bits per heavy atom. The van der Waals surface area contributed by atoms with Crippen LogP contribution in [0.15, 0.2) is 77.9 Å². The van der Waals surface area contributed by atoms with Gasteiger partial charge in [0, 0.05) is 61.5 Å². The second-order valence-corrected chi connectivity index (χ2v) is 12.5. The number of carbonyl (C=O) groups excluding carboxylic acids is 2. The van der Waals surface area contributed by atoms with E-state index in [0.717, 1.165) is 91.7 Å². The van der Waals surface area contributed by atoms with Crippen LogP contribution in [0.4, 0.5) is 5.69 Å². The van der Waals surface area contributed by atoms with Crippen molar-refractivity contribution in [3.05, 3.63) is 94.4 Å². The highest BCUT2D eigenvalue weighted by Gasteiger charge is 2.32. The number of methoxy groups -OCH3 is 1. The van der Waals surface area contributed by atoms with E-state index in [9.17, 15) is 14.4 Å². The van der Waals surface area contributed by atoms with Gasteiger partial charge >= 0.3 is 0 Å². The highest BCUT2D eigenvalue weighted by Crippen LogP contribution is 2.31. The van der Waals surface area contributed by atoms with Crippen molar-refractivity contribution in [3.8, 4) is 5.75 Å². The molecule has 0 radical (unpaired) electrons. The molecule has 1 saturated heterocycles. The first kappa shape index (κ1) is 29.3. The number of ether oxygens (including phenoxy) is 1. The lowest BCUT2D eigenvalue weighted by molar-refractivity contribution is 0.0597. The normalized spacial score (nSPS) is 15.9. The highest BCUT2D eigenvalue weighted by atomic mass is 16.5. The van der Waals surface area contributed by atoms with Crippen LogP contribution in [0.2, 0.25) is 0 Å². The third-order valence-corrected chi connectivity index (χ3v) is 9.79. The van der Waals surface area contributed by atoms with E-state index in [1.165, 1.54) is 4.90 Å². The van der Waals surface area contributed by atoms with Crippen LogP contribution in [0.1, 0.15) is 33.6 Å². The Morgan fingerprint density at radius 2 is 1.49 bits per heavy atom. The first-order valence-corrected chi connectivity index (χ1v) is 16.3. The average molecular weight is 629 g/mol. The SMILES string of the molecule is COc1ccc2c(c1)c(=O)c1c(NCCCN3CCN(CCCN4C(=O)c5cccc6cccc(c56)C4=O)CC3)ccc3ncn2c31. The van der Waals surface area contributed by atoms with Gasteiger partial charge in [-0.3, -0.25) is 23.7 Å². The molecule has 6 aromatic rings. The molecule has 0 bridgehead atoms. The molecular weight excluding hydrogens is 592 g/mol. The second kappa shape index (κ2) is 11.9. The third-order valence-electron chi connectivity index (χ3n) is 9.79. The summed E-state index contributed by atoms with van der Waals surface area (Å²) < 4.78 is 7.38. The second-order valence-electron chi connectivity index (χ2n) is 12.5. The van der Waals surface area contributed by atoms with E-state index in [1.54, 1.807) is 19.5 Å². The van der Waals surface area contributed by atoms with E-state index in [-0.39, 0.29) is 17.2 Å². The molecule has 2 aliphatic rings. The summed E-state index contributed by atoms with van der Waals surface area (Å²) in [6.45, 7) is 6.85. The van der Waals surface area contributed by atoms with E-state index in [2.05, 4.69) is 20.1 Å². The molecule has 47 heavy (non-hydrogen) atoms. The van der Waals surface area contributed by atoms with Gasteiger partial charge in [0.25, 0.3) is 11.8 Å². The monoisotopic (exact) mass is 628 g/mol. The number of nitrogens with one attached hydrogen (secondary N) is 1. The fraction of sp³-hybridized carbons (Fsp3) is 0.297. The van der Waals surface area contributed by atoms with Gasteiger partial charge in [-0.15, -0.1) is 0 Å². The molecule has 0 saturated carbocycles. The Morgan fingerprint density at radius 1 is 0.787 bits per heavy atom. The quantitative estimate of drug-likeness (QED) is 0.132. The molecule has 0 unspecified atom stereocenters. The molecule has 0 atom stereocenters. The number of hydrogen-bond donors (Lipinski definition) is 1. The number of nitrogens with zero attached hydrogens (tertiary/aromatic N) is 5. The molecule has 2 aromatic heterocycles. The maximum atomic E-state index is 13.7. The lowest BCUT2D eigenvalue weighted by atomic mass is 9.94. The molecular formula is C37H36N6O4. The van der Waals surface area contributed by atoms with Crippen molar-refractivity contribution in [1.82, 2.24) is 24.1 Å². The Kier molecular flexibility index (Phi) is 7.46. The number of carbonyl (C=O) groups is 2. The largest absolute Gasteiger partial charge is 0.497 e. The first-order valence-electron chi connectivity index (χ1n) is 16.3. The number of pyridine rings is 1. The van der Waals surface area contributed by atoms with Crippen LogP contribution in [0.3, 0.4) is 0 Å². The van der Waals surface area contributed by atoms with Gasteiger partial charge in [-0.25, -0.2) is 4.98 Å². The summed E-state index contributed by atoms with van der Waals surface area (Å²) in [6, 6.07) is 20.8. The predicted molar refractivity (Wildman–Crippen MR) is 184 cm³/mol. The van der Waals surface area contributed by atoms with E-state index < -0.39 is 0 Å². The fourth-order valence-electron chi connectivity index (χ4n) is 7.33. The van der Waals surface area contributed by atoms with Crippen LogP contribution in [-0.4, -0.2) is 95.4 Å². The maximum Gasteiger partial charge on any atom is 0.261 e. The summed E-state index contributed by atoms with van der Waals surface area (Å²) in [7, 11) is 1.60. The van der Waals surface area contributed by atoms with Gasteiger partial charge in [0.2, 0.25) is 0 Å². The minimum absolute atomic E-state index is 0.0210. The van der Waals surface area contributed by atoms with E-state index in [1.807, 2.05) is 65.1 Å². The lowest BCUT2D eigenvalue weighted by Crippen LogP contribution is -2.48. The summed E-state index contributed by atoms with van der Waals surface area (Å²) in [5.74, 6) is 0.266. The molecule has 238 valence electrons. The Bertz CT molecular complexity index is 2170. The molecule has 10 nitrogen and oxygen atoms in total. The van der Waals surface area contributed by atoms with Crippen LogP contribution in [0.25, 0.3) is 38.1 Å². The molecule has 4 heterocycles. The zero-order valence-corrected chi connectivity index (χ0v) is 26.4. The number of benzene rings is 4. The molecule has 2 aliphatic heterocycles. The number of hydrogen-bond acceptors (Lipinski definition) is 8. The number of amides is 2. The Labute approximate surface area is 271 Å². The van der Waals surface area contributed by atoms with Crippen molar-refractivity contribution < 1.29 is 14.3 Å². The zero-order valence-electron chi connectivity index (χ0n) is 26.4. The number of aromatic nitrogens is 2. The number of imide groups is 1. The van der Waals surface area contributed by atoms with Crippen molar-refractivity contribution in [2.45, 2.75) is 12.8 Å². The number of anilines is 1. The molecule has 1 fully saturated rings. The Hall–Kier alpha value is -5.06. The van der Waals surface area contributed by atoms with Gasteiger partial charge in [-0.05, 0) is 73.8 Å². The molecule has 0 spiro atoms. The fourth-order valence-corrected chi connectivity index (χ4v) is 7.33. The number of fused-ring (bicyclic) bond motifs is 2.